The van der Waals surface area contributed by atoms with Crippen molar-refractivity contribution in [3.8, 4) is 0 Å². The Bertz CT molecular complexity index is 709. The molecule has 9 nitrogen and oxygen atoms in total. The number of aromatic nitrogens is 4. The Hall–Kier alpha value is -1.97. The predicted molar refractivity (Wildman–Crippen MR) is 68.8 cm³/mol. The van der Waals surface area contributed by atoms with Crippen molar-refractivity contribution < 1.29 is 14.9 Å². The van der Waals surface area contributed by atoms with Gasteiger partial charge in [0.1, 0.15) is 12.3 Å². The van der Waals surface area contributed by atoms with Crippen LogP contribution in [0.1, 0.15) is 12.6 Å². The number of nitrogens with two attached hydrogens (primary N) is 1. The molecule has 0 spiro atoms. The Kier molecular flexibility index (Phi) is 2.96. The van der Waals surface area contributed by atoms with Crippen LogP contribution in [0.5, 0.6) is 0 Å². The molecule has 0 bridgehead atoms. The third-order valence-electron chi connectivity index (χ3n) is 3.53. The molecule has 0 amide bonds. The number of rotatable bonds is 2. The van der Waals surface area contributed by atoms with Crippen LogP contribution in [0.25, 0.3) is 11.2 Å². The zero-order chi connectivity index (χ0) is 14.4. The van der Waals surface area contributed by atoms with Crippen LogP contribution in [0, 0.1) is 0 Å². The molecule has 4 N–H and O–H groups in total. The fourth-order valence-electron chi connectivity index (χ4n) is 2.32. The first-order valence-corrected chi connectivity index (χ1v) is 6.16. The lowest BCUT2D eigenvalue weighted by molar-refractivity contribution is -0.0432. The third kappa shape index (κ3) is 1.79. The van der Waals surface area contributed by atoms with Crippen molar-refractivity contribution in [1.82, 2.24) is 19.1 Å². The quantitative estimate of drug-likeness (QED) is 0.601. The first-order valence-electron chi connectivity index (χ1n) is 6.16. The molecular weight excluding hydrogens is 266 g/mol. The molecule has 3 rings (SSSR count). The van der Waals surface area contributed by atoms with E-state index in [1.807, 2.05) is 0 Å². The van der Waals surface area contributed by atoms with Gasteiger partial charge in [-0.2, -0.15) is 4.98 Å². The smallest absolute Gasteiger partial charge is 0.282 e. The van der Waals surface area contributed by atoms with E-state index in [1.165, 1.54) is 17.9 Å². The van der Waals surface area contributed by atoms with E-state index in [9.17, 15) is 9.90 Å². The Morgan fingerprint density at radius 3 is 3.00 bits per heavy atom. The first kappa shape index (κ1) is 13.0. The van der Waals surface area contributed by atoms with E-state index in [4.69, 9.17) is 15.6 Å². The Labute approximate surface area is 113 Å². The predicted octanol–water partition coefficient (Wildman–Crippen LogP) is -1.65. The van der Waals surface area contributed by atoms with Gasteiger partial charge in [-0.05, 0) is 0 Å². The van der Waals surface area contributed by atoms with Crippen LogP contribution >= 0.6 is 0 Å². The minimum absolute atomic E-state index is 0.0708. The summed E-state index contributed by atoms with van der Waals surface area (Å²) in [4.78, 5) is 20.2. The molecule has 0 aromatic carbocycles. The molecule has 108 valence electrons. The zero-order valence-electron chi connectivity index (χ0n) is 10.8. The molecule has 9 heteroatoms. The number of anilines is 1. The number of nitrogens with zero attached hydrogens (tertiary/aromatic N) is 4. The van der Waals surface area contributed by atoms with Gasteiger partial charge in [-0.15, -0.1) is 0 Å². The van der Waals surface area contributed by atoms with Crippen LogP contribution in [0.2, 0.25) is 0 Å². The van der Waals surface area contributed by atoms with Crippen LogP contribution < -0.4 is 11.3 Å². The van der Waals surface area contributed by atoms with Crippen LogP contribution in [-0.2, 0) is 11.8 Å². The monoisotopic (exact) mass is 281 g/mol. The Balaban J connectivity index is 2.08. The van der Waals surface area contributed by atoms with Crippen molar-refractivity contribution in [3.05, 3.63) is 16.7 Å². The van der Waals surface area contributed by atoms with E-state index >= 15 is 0 Å². The summed E-state index contributed by atoms with van der Waals surface area (Å²) in [6, 6.07) is 0. The maximum atomic E-state index is 12.0. The molecule has 1 saturated heterocycles. The first-order chi connectivity index (χ1) is 9.52. The van der Waals surface area contributed by atoms with Gasteiger partial charge >= 0.3 is 0 Å². The molecule has 2 aromatic heterocycles. The van der Waals surface area contributed by atoms with Crippen molar-refractivity contribution in [2.75, 3.05) is 12.3 Å². The molecular formula is C11H15N5O4. The fourth-order valence-corrected chi connectivity index (χ4v) is 2.32. The number of aliphatic hydroxyl groups excluding tert-OH is 2. The second kappa shape index (κ2) is 4.54. The lowest BCUT2D eigenvalue weighted by Gasteiger charge is -2.13. The summed E-state index contributed by atoms with van der Waals surface area (Å²) in [5.41, 5.74) is 5.82. The Morgan fingerprint density at radius 2 is 2.35 bits per heavy atom. The minimum Gasteiger partial charge on any atom is -0.394 e. The van der Waals surface area contributed by atoms with Crippen LogP contribution in [0.3, 0.4) is 0 Å². The van der Waals surface area contributed by atoms with Gasteiger partial charge in [0.05, 0.1) is 19.0 Å². The van der Waals surface area contributed by atoms with E-state index in [0.717, 1.165) is 0 Å². The molecule has 1 aliphatic rings. The maximum Gasteiger partial charge on any atom is 0.282 e. The molecule has 0 aliphatic carbocycles. The average molecular weight is 281 g/mol. The highest BCUT2D eigenvalue weighted by Crippen LogP contribution is 2.30. The molecule has 0 radical (unpaired) electrons. The summed E-state index contributed by atoms with van der Waals surface area (Å²) < 4.78 is 8.28. The van der Waals surface area contributed by atoms with Gasteiger partial charge in [-0.25, -0.2) is 4.98 Å². The van der Waals surface area contributed by atoms with Crippen molar-refractivity contribution >= 4 is 17.1 Å². The standard InChI is InChI=1S/C11H15N5O4/c1-15-10(19)8-9(14-11(15)12)16(4-13-8)7-2-5(18)6(3-17)20-7/h4-7,17-18H,2-3H2,1H3,(H2,12,14). The number of nitrogen functional groups attached to an aromatic ring is 1. The fraction of sp³-hybridized carbons (Fsp3) is 0.545. The van der Waals surface area contributed by atoms with Gasteiger partial charge < -0.3 is 20.7 Å². The summed E-state index contributed by atoms with van der Waals surface area (Å²) >= 11 is 0. The molecule has 1 fully saturated rings. The summed E-state index contributed by atoms with van der Waals surface area (Å²) in [5, 5.41) is 18.8. The average Bonchev–Trinajstić information content (AvgIpc) is 2.99. The minimum atomic E-state index is -0.772. The summed E-state index contributed by atoms with van der Waals surface area (Å²) in [5.74, 6) is 0.0708. The van der Waals surface area contributed by atoms with Gasteiger partial charge in [0.25, 0.3) is 5.56 Å². The van der Waals surface area contributed by atoms with Crippen LogP contribution in [0.4, 0.5) is 5.95 Å². The van der Waals surface area contributed by atoms with Crippen molar-refractivity contribution in [3.63, 3.8) is 0 Å². The van der Waals surface area contributed by atoms with Crippen LogP contribution in [-0.4, -0.2) is 48.1 Å². The number of aliphatic hydroxyl groups is 2. The van der Waals surface area contributed by atoms with Gasteiger partial charge in [0, 0.05) is 13.5 Å². The Morgan fingerprint density at radius 1 is 1.60 bits per heavy atom. The SMILES string of the molecule is Cn1c(N)nc2c(ncn2C2CC(O)C(CO)O2)c1=O. The van der Waals surface area contributed by atoms with E-state index in [0.29, 0.717) is 5.65 Å². The van der Waals surface area contributed by atoms with Crippen molar-refractivity contribution in [2.45, 2.75) is 24.9 Å². The second-order valence-corrected chi connectivity index (χ2v) is 4.77. The third-order valence-corrected chi connectivity index (χ3v) is 3.53. The summed E-state index contributed by atoms with van der Waals surface area (Å²) in [6.45, 7) is -0.276. The van der Waals surface area contributed by atoms with E-state index in [1.54, 1.807) is 4.57 Å². The molecule has 3 atom stereocenters. The lowest BCUT2D eigenvalue weighted by Crippen LogP contribution is -2.24. The molecule has 2 aromatic rings. The molecule has 3 heterocycles. The van der Waals surface area contributed by atoms with Gasteiger partial charge in [0.2, 0.25) is 5.95 Å². The largest absolute Gasteiger partial charge is 0.394 e. The molecule has 3 unspecified atom stereocenters. The summed E-state index contributed by atoms with van der Waals surface area (Å²) in [7, 11) is 1.51. The normalized spacial score (nSPS) is 26.4. The van der Waals surface area contributed by atoms with Crippen molar-refractivity contribution in [2.24, 2.45) is 7.05 Å². The van der Waals surface area contributed by atoms with Gasteiger partial charge in [-0.3, -0.25) is 13.9 Å². The highest BCUT2D eigenvalue weighted by Gasteiger charge is 2.35. The highest BCUT2D eigenvalue weighted by molar-refractivity contribution is 5.70. The molecule has 0 saturated carbocycles. The van der Waals surface area contributed by atoms with Crippen molar-refractivity contribution in [1.29, 1.82) is 0 Å². The number of imidazole rings is 1. The topological polar surface area (TPSA) is 128 Å². The van der Waals surface area contributed by atoms with Gasteiger partial charge in [0.15, 0.2) is 11.2 Å². The second-order valence-electron chi connectivity index (χ2n) is 4.77. The highest BCUT2D eigenvalue weighted by atomic mass is 16.5. The maximum absolute atomic E-state index is 12.0. The van der Waals surface area contributed by atoms with Gasteiger partial charge in [-0.1, -0.05) is 0 Å². The number of ether oxygens (including phenoxy) is 1. The molecule has 1 aliphatic heterocycles. The molecule has 20 heavy (non-hydrogen) atoms. The van der Waals surface area contributed by atoms with E-state index in [-0.39, 0.29) is 30.1 Å². The summed E-state index contributed by atoms with van der Waals surface area (Å²) in [6.07, 6.45) is -0.248. The number of hydrogen-bond acceptors (Lipinski definition) is 7. The lowest BCUT2D eigenvalue weighted by atomic mass is 10.2. The number of hydrogen-bond donors (Lipinski definition) is 3. The van der Waals surface area contributed by atoms with Crippen LogP contribution in [0.15, 0.2) is 11.1 Å². The number of fused-ring (bicyclic) bond motifs is 1. The van der Waals surface area contributed by atoms with E-state index in [2.05, 4.69) is 9.97 Å². The van der Waals surface area contributed by atoms with E-state index < -0.39 is 18.4 Å². The zero-order valence-corrected chi connectivity index (χ0v) is 10.8.